The molecule has 0 aromatic heterocycles. The molecule has 0 aliphatic heterocycles. The first-order chi connectivity index (χ1) is 11.9. The molecule has 0 amide bonds. The Labute approximate surface area is 152 Å². The zero-order chi connectivity index (χ0) is 18.2. The molecule has 0 spiro atoms. The molecule has 0 radical (unpaired) electrons. The molecule has 136 valence electrons. The van der Waals surface area contributed by atoms with E-state index in [0.29, 0.717) is 19.1 Å². The van der Waals surface area contributed by atoms with Crippen molar-refractivity contribution in [2.24, 2.45) is 5.92 Å². The van der Waals surface area contributed by atoms with Gasteiger partial charge in [0.15, 0.2) is 0 Å². The molecule has 0 unspecified atom stereocenters. The molecule has 0 saturated carbocycles. The van der Waals surface area contributed by atoms with E-state index in [4.69, 9.17) is 4.74 Å². The largest absolute Gasteiger partial charge is 0.491 e. The minimum absolute atomic E-state index is 0.313. The Kier molecular flexibility index (Phi) is 7.48. The van der Waals surface area contributed by atoms with Gasteiger partial charge in [-0.3, -0.25) is 4.90 Å². The van der Waals surface area contributed by atoms with Gasteiger partial charge < -0.3 is 9.84 Å². The molecule has 3 heteroatoms. The first-order valence-electron chi connectivity index (χ1n) is 9.08. The van der Waals surface area contributed by atoms with E-state index < -0.39 is 6.10 Å². The van der Waals surface area contributed by atoms with Crippen LogP contribution in [0.2, 0.25) is 0 Å². The highest BCUT2D eigenvalue weighted by Crippen LogP contribution is 2.16. The van der Waals surface area contributed by atoms with E-state index in [0.717, 1.165) is 24.4 Å². The van der Waals surface area contributed by atoms with Crippen LogP contribution in [-0.2, 0) is 6.54 Å². The first kappa shape index (κ1) is 19.5. The Bertz CT molecular complexity index is 637. The smallest absolute Gasteiger partial charge is 0.122 e. The molecule has 2 rings (SSSR count). The average molecular weight is 341 g/mol. The maximum Gasteiger partial charge on any atom is 0.122 e. The summed E-state index contributed by atoms with van der Waals surface area (Å²) in [6, 6.07) is 16.5. The van der Waals surface area contributed by atoms with Crippen molar-refractivity contribution in [3.63, 3.8) is 0 Å². The van der Waals surface area contributed by atoms with Crippen molar-refractivity contribution in [3.05, 3.63) is 65.2 Å². The van der Waals surface area contributed by atoms with E-state index >= 15 is 0 Å². The lowest BCUT2D eigenvalue weighted by molar-refractivity contribution is 0.0613. The van der Waals surface area contributed by atoms with E-state index in [1.54, 1.807) is 0 Å². The normalized spacial score (nSPS) is 12.6. The highest BCUT2D eigenvalue weighted by atomic mass is 16.5. The molecule has 0 aliphatic carbocycles. The molecule has 0 bridgehead atoms. The van der Waals surface area contributed by atoms with Crippen molar-refractivity contribution in [3.8, 4) is 5.75 Å². The van der Waals surface area contributed by atoms with Gasteiger partial charge in [-0.15, -0.1) is 0 Å². The van der Waals surface area contributed by atoms with Crippen molar-refractivity contribution in [2.45, 2.75) is 40.3 Å². The summed E-state index contributed by atoms with van der Waals surface area (Å²) in [7, 11) is 0. The summed E-state index contributed by atoms with van der Waals surface area (Å²) in [5, 5.41) is 10.4. The summed E-state index contributed by atoms with van der Waals surface area (Å²) in [6.45, 7) is 11.3. The zero-order valence-electron chi connectivity index (χ0n) is 15.9. The number of benzene rings is 2. The van der Waals surface area contributed by atoms with Crippen LogP contribution in [0, 0.1) is 19.8 Å². The number of aliphatic hydroxyl groups is 1. The second-order valence-electron chi connectivity index (χ2n) is 7.30. The number of rotatable bonds is 9. The standard InChI is InChI=1S/C22H31NO2/c1-17(2)13-23(14-20-11-9-18(3)10-12-20)15-21(24)16-25-22-8-6-5-7-19(22)4/h5-12,17,21,24H,13-16H2,1-4H3/t21-/m0/s1. The van der Waals surface area contributed by atoms with Crippen molar-refractivity contribution in [2.75, 3.05) is 19.7 Å². The van der Waals surface area contributed by atoms with E-state index in [1.165, 1.54) is 11.1 Å². The number of hydrogen-bond donors (Lipinski definition) is 1. The van der Waals surface area contributed by atoms with Gasteiger partial charge >= 0.3 is 0 Å². The summed E-state index contributed by atoms with van der Waals surface area (Å²) in [5.41, 5.74) is 3.64. The highest BCUT2D eigenvalue weighted by molar-refractivity contribution is 5.31. The van der Waals surface area contributed by atoms with Gasteiger partial charge in [-0.05, 0) is 37.0 Å². The number of hydrogen-bond acceptors (Lipinski definition) is 3. The second kappa shape index (κ2) is 9.59. The van der Waals surface area contributed by atoms with Gasteiger partial charge in [0.25, 0.3) is 0 Å². The Morgan fingerprint density at radius 1 is 0.960 bits per heavy atom. The molecule has 1 atom stereocenters. The Morgan fingerprint density at radius 3 is 2.28 bits per heavy atom. The molecule has 3 nitrogen and oxygen atoms in total. The van der Waals surface area contributed by atoms with E-state index in [-0.39, 0.29) is 0 Å². The van der Waals surface area contributed by atoms with Gasteiger partial charge in [-0.1, -0.05) is 61.9 Å². The van der Waals surface area contributed by atoms with Crippen molar-refractivity contribution >= 4 is 0 Å². The Balaban J connectivity index is 1.91. The van der Waals surface area contributed by atoms with E-state index in [1.807, 2.05) is 31.2 Å². The molecule has 2 aromatic rings. The fourth-order valence-corrected chi connectivity index (χ4v) is 2.93. The van der Waals surface area contributed by atoms with Gasteiger partial charge in [0.2, 0.25) is 0 Å². The predicted molar refractivity (Wildman–Crippen MR) is 104 cm³/mol. The third-order valence-electron chi connectivity index (χ3n) is 4.14. The highest BCUT2D eigenvalue weighted by Gasteiger charge is 2.15. The molecule has 0 fully saturated rings. The minimum atomic E-state index is -0.510. The number of nitrogens with zero attached hydrogens (tertiary/aromatic N) is 1. The number of ether oxygens (including phenoxy) is 1. The van der Waals surface area contributed by atoms with Crippen LogP contribution in [0.5, 0.6) is 5.75 Å². The third kappa shape index (κ3) is 6.89. The van der Waals surface area contributed by atoms with Crippen LogP contribution < -0.4 is 4.74 Å². The number of para-hydroxylation sites is 1. The van der Waals surface area contributed by atoms with Gasteiger partial charge in [-0.25, -0.2) is 0 Å². The van der Waals surface area contributed by atoms with Crippen LogP contribution in [0.15, 0.2) is 48.5 Å². The number of aliphatic hydroxyl groups excluding tert-OH is 1. The molecular weight excluding hydrogens is 310 g/mol. The number of aryl methyl sites for hydroxylation is 2. The van der Waals surface area contributed by atoms with Gasteiger partial charge in [0.05, 0.1) is 0 Å². The molecule has 25 heavy (non-hydrogen) atoms. The predicted octanol–water partition coefficient (Wildman–Crippen LogP) is 4.20. The second-order valence-corrected chi connectivity index (χ2v) is 7.30. The van der Waals surface area contributed by atoms with Gasteiger partial charge in [-0.2, -0.15) is 0 Å². The van der Waals surface area contributed by atoms with Crippen LogP contribution in [0.25, 0.3) is 0 Å². The van der Waals surface area contributed by atoms with Gasteiger partial charge in [0, 0.05) is 19.6 Å². The third-order valence-corrected chi connectivity index (χ3v) is 4.14. The monoisotopic (exact) mass is 341 g/mol. The van der Waals surface area contributed by atoms with E-state index in [2.05, 4.69) is 49.9 Å². The lowest BCUT2D eigenvalue weighted by Crippen LogP contribution is -2.37. The van der Waals surface area contributed by atoms with Crippen LogP contribution in [0.4, 0.5) is 0 Å². The fraction of sp³-hybridized carbons (Fsp3) is 0.455. The average Bonchev–Trinajstić information content (AvgIpc) is 2.55. The maximum absolute atomic E-state index is 10.4. The van der Waals surface area contributed by atoms with Crippen LogP contribution in [-0.4, -0.2) is 35.8 Å². The van der Waals surface area contributed by atoms with Crippen molar-refractivity contribution in [1.82, 2.24) is 4.90 Å². The molecule has 0 heterocycles. The SMILES string of the molecule is Cc1ccc(CN(CC(C)C)C[C@H](O)COc2ccccc2C)cc1. The maximum atomic E-state index is 10.4. The molecule has 2 aromatic carbocycles. The van der Waals surface area contributed by atoms with Gasteiger partial charge in [0.1, 0.15) is 18.5 Å². The summed E-state index contributed by atoms with van der Waals surface area (Å²) in [4.78, 5) is 2.31. The summed E-state index contributed by atoms with van der Waals surface area (Å²) < 4.78 is 5.79. The van der Waals surface area contributed by atoms with Crippen LogP contribution in [0.3, 0.4) is 0 Å². The fourth-order valence-electron chi connectivity index (χ4n) is 2.93. The topological polar surface area (TPSA) is 32.7 Å². The Morgan fingerprint density at radius 2 is 1.64 bits per heavy atom. The molecule has 1 N–H and O–H groups in total. The summed E-state index contributed by atoms with van der Waals surface area (Å²) >= 11 is 0. The lowest BCUT2D eigenvalue weighted by atomic mass is 10.1. The minimum Gasteiger partial charge on any atom is -0.491 e. The zero-order valence-corrected chi connectivity index (χ0v) is 15.9. The summed E-state index contributed by atoms with van der Waals surface area (Å²) in [6.07, 6.45) is -0.510. The Hall–Kier alpha value is -1.84. The molecule has 0 aliphatic rings. The first-order valence-corrected chi connectivity index (χ1v) is 9.08. The summed E-state index contributed by atoms with van der Waals surface area (Å²) in [5.74, 6) is 1.39. The molecular formula is C22H31NO2. The van der Waals surface area contributed by atoms with Crippen molar-refractivity contribution in [1.29, 1.82) is 0 Å². The van der Waals surface area contributed by atoms with Crippen molar-refractivity contribution < 1.29 is 9.84 Å². The quantitative estimate of drug-likeness (QED) is 0.742. The van der Waals surface area contributed by atoms with Crippen LogP contribution in [0.1, 0.15) is 30.5 Å². The lowest BCUT2D eigenvalue weighted by Gasteiger charge is -2.27. The van der Waals surface area contributed by atoms with Crippen LogP contribution >= 0.6 is 0 Å². The van der Waals surface area contributed by atoms with E-state index in [9.17, 15) is 5.11 Å². The molecule has 0 saturated heterocycles.